The SMILES string of the molecule is CC1(C)c2ccccc2-c2ccc(N(c3ccc(-c4ccccc4-c4cccc5sc6ccccc6c45)cc3)c3ccc4c(c3)Oc3ccccc3C43C4CC5CC(C4)CC3C5)cc21. The van der Waals surface area contributed by atoms with Crippen LogP contribution < -0.4 is 9.64 Å². The molecule has 0 saturated heterocycles. The second-order valence-corrected chi connectivity index (χ2v) is 21.1. The normalized spacial score (nSPS) is 22.8. The standard InChI is InChI=1S/C61H49NOS/c1-60(2)51-17-7-5-14-47(51)48-28-26-43(35-54(48)60)62(44-27-29-53-56(36-44)63-55-19-9-8-18-52(55)61(53)40-31-37-30-38(33-40)34-41(61)32-37)42-24-22-39(23-25-42)45-12-3-4-13-46(45)49-16-11-21-58-59(49)50-15-6-10-20-57(50)64-58/h3-29,35-38,40-41H,30-34H2,1-2H3. The molecule has 4 bridgehead atoms. The van der Waals surface area contributed by atoms with E-state index >= 15 is 0 Å². The Labute approximate surface area is 379 Å². The van der Waals surface area contributed by atoms with Gasteiger partial charge in [-0.05, 0) is 149 Å². The van der Waals surface area contributed by atoms with Gasteiger partial charge in [0.15, 0.2) is 0 Å². The van der Waals surface area contributed by atoms with Gasteiger partial charge in [0.1, 0.15) is 11.5 Å². The first-order chi connectivity index (χ1) is 31.4. The number of ether oxygens (including phenoxy) is 1. The van der Waals surface area contributed by atoms with E-state index < -0.39 is 0 Å². The van der Waals surface area contributed by atoms with Crippen molar-refractivity contribution >= 4 is 48.6 Å². The van der Waals surface area contributed by atoms with Gasteiger partial charge in [-0.2, -0.15) is 0 Å². The zero-order valence-corrected chi connectivity index (χ0v) is 37.2. The predicted molar refractivity (Wildman–Crippen MR) is 267 cm³/mol. The molecule has 3 heteroatoms. The molecule has 15 rings (SSSR count). The Morgan fingerprint density at radius 2 is 1.05 bits per heavy atom. The van der Waals surface area contributed by atoms with Gasteiger partial charge in [-0.15, -0.1) is 11.3 Å². The van der Waals surface area contributed by atoms with Gasteiger partial charge in [0.2, 0.25) is 0 Å². The summed E-state index contributed by atoms with van der Waals surface area (Å²) in [6.07, 6.45) is 6.82. The highest BCUT2D eigenvalue weighted by molar-refractivity contribution is 7.25. The average molecular weight is 844 g/mol. The lowest BCUT2D eigenvalue weighted by molar-refractivity contribution is -0.0452. The van der Waals surface area contributed by atoms with E-state index in [2.05, 4.69) is 195 Å². The monoisotopic (exact) mass is 843 g/mol. The number of para-hydroxylation sites is 1. The largest absolute Gasteiger partial charge is 0.457 e. The van der Waals surface area contributed by atoms with Crippen molar-refractivity contribution in [1.29, 1.82) is 0 Å². The van der Waals surface area contributed by atoms with Crippen molar-refractivity contribution in [3.63, 3.8) is 0 Å². The highest BCUT2D eigenvalue weighted by Gasteiger charge is 2.61. The number of fused-ring (bicyclic) bond motifs is 8. The fourth-order valence-corrected chi connectivity index (χ4v) is 15.2. The second-order valence-electron chi connectivity index (χ2n) is 20.1. The lowest BCUT2D eigenvalue weighted by atomic mass is 9.42. The molecule has 4 saturated carbocycles. The zero-order valence-electron chi connectivity index (χ0n) is 36.4. The number of thiophene rings is 1. The van der Waals surface area contributed by atoms with E-state index in [-0.39, 0.29) is 10.8 Å². The summed E-state index contributed by atoms with van der Waals surface area (Å²) in [5, 5.41) is 2.67. The van der Waals surface area contributed by atoms with Gasteiger partial charge in [-0.1, -0.05) is 135 Å². The van der Waals surface area contributed by atoms with Crippen LogP contribution in [0.3, 0.4) is 0 Å². The van der Waals surface area contributed by atoms with Crippen LogP contribution in [0.1, 0.15) is 68.2 Å². The van der Waals surface area contributed by atoms with E-state index in [1.165, 1.54) is 108 Å². The van der Waals surface area contributed by atoms with Gasteiger partial charge in [-0.25, -0.2) is 0 Å². The van der Waals surface area contributed by atoms with Crippen molar-refractivity contribution in [3.8, 4) is 44.9 Å². The third kappa shape index (κ3) is 5.13. The molecule has 5 aliphatic carbocycles. The van der Waals surface area contributed by atoms with Crippen LogP contribution in [0.5, 0.6) is 11.5 Å². The molecule has 0 N–H and O–H groups in total. The second kappa shape index (κ2) is 13.5. The van der Waals surface area contributed by atoms with E-state index in [0.29, 0.717) is 11.8 Å². The van der Waals surface area contributed by atoms with Crippen LogP contribution in [0.2, 0.25) is 0 Å². The molecular formula is C61H49NOS. The molecule has 0 radical (unpaired) electrons. The third-order valence-corrected chi connectivity index (χ3v) is 17.7. The Hall–Kier alpha value is -6.42. The average Bonchev–Trinajstić information content (AvgIpc) is 3.82. The summed E-state index contributed by atoms with van der Waals surface area (Å²) in [6.45, 7) is 4.76. The molecule has 6 aliphatic rings. The van der Waals surface area contributed by atoms with Crippen LogP contribution in [0, 0.1) is 23.7 Å². The van der Waals surface area contributed by atoms with Crippen LogP contribution in [-0.4, -0.2) is 0 Å². The first-order valence-electron chi connectivity index (χ1n) is 23.5. The van der Waals surface area contributed by atoms with E-state index in [9.17, 15) is 0 Å². The molecule has 0 atom stereocenters. The summed E-state index contributed by atoms with van der Waals surface area (Å²) < 4.78 is 9.73. The fourth-order valence-electron chi connectivity index (χ4n) is 14.1. The maximum absolute atomic E-state index is 7.08. The third-order valence-electron chi connectivity index (χ3n) is 16.5. The summed E-state index contributed by atoms with van der Waals surface area (Å²) in [6, 6.07) is 66.3. The molecule has 0 unspecified atom stereocenters. The van der Waals surface area contributed by atoms with Gasteiger partial charge >= 0.3 is 0 Å². The molecular weight excluding hydrogens is 795 g/mol. The zero-order chi connectivity index (χ0) is 42.3. The van der Waals surface area contributed by atoms with Crippen molar-refractivity contribution in [1.82, 2.24) is 0 Å². The van der Waals surface area contributed by atoms with Gasteiger partial charge < -0.3 is 9.64 Å². The van der Waals surface area contributed by atoms with Crippen molar-refractivity contribution in [3.05, 3.63) is 198 Å². The Morgan fingerprint density at radius 3 is 1.86 bits per heavy atom. The van der Waals surface area contributed by atoms with E-state index in [1.807, 2.05) is 11.3 Å². The van der Waals surface area contributed by atoms with Crippen molar-refractivity contribution in [2.24, 2.45) is 23.7 Å². The summed E-state index contributed by atoms with van der Waals surface area (Å²) in [5.41, 5.74) is 16.6. The fraction of sp³-hybridized carbons (Fsp3) is 0.213. The molecule has 64 heavy (non-hydrogen) atoms. The first-order valence-corrected chi connectivity index (χ1v) is 24.3. The molecule has 0 amide bonds. The van der Waals surface area contributed by atoms with E-state index in [1.54, 1.807) is 0 Å². The molecule has 2 nitrogen and oxygen atoms in total. The Bertz CT molecular complexity index is 3340. The molecule has 310 valence electrons. The van der Waals surface area contributed by atoms with Crippen LogP contribution in [0.25, 0.3) is 53.6 Å². The molecule has 9 aromatic rings. The van der Waals surface area contributed by atoms with Gasteiger partial charge in [-0.3, -0.25) is 0 Å². The summed E-state index contributed by atoms with van der Waals surface area (Å²) in [5.74, 6) is 5.18. The van der Waals surface area contributed by atoms with Gasteiger partial charge in [0.05, 0.1) is 0 Å². The Balaban J connectivity index is 0.920. The minimum absolute atomic E-state index is 0.0129. The number of hydrogen-bond acceptors (Lipinski definition) is 3. The Morgan fingerprint density at radius 1 is 0.453 bits per heavy atom. The number of hydrogen-bond donors (Lipinski definition) is 0. The first kappa shape index (κ1) is 37.0. The number of rotatable bonds is 5. The summed E-state index contributed by atoms with van der Waals surface area (Å²) in [4.78, 5) is 2.47. The van der Waals surface area contributed by atoms with Crippen molar-refractivity contribution in [2.45, 2.75) is 56.8 Å². The van der Waals surface area contributed by atoms with E-state index in [4.69, 9.17) is 4.74 Å². The van der Waals surface area contributed by atoms with Gasteiger partial charge in [0.25, 0.3) is 0 Å². The van der Waals surface area contributed by atoms with Crippen LogP contribution in [0.4, 0.5) is 17.1 Å². The minimum atomic E-state index is -0.119. The number of benzene rings is 8. The van der Waals surface area contributed by atoms with Crippen molar-refractivity contribution in [2.75, 3.05) is 4.90 Å². The quantitative estimate of drug-likeness (QED) is 0.171. The molecule has 4 fully saturated rings. The van der Waals surface area contributed by atoms with Crippen LogP contribution in [0.15, 0.2) is 176 Å². The lowest BCUT2D eigenvalue weighted by Crippen LogP contribution is -2.56. The number of anilines is 3. The van der Waals surface area contributed by atoms with Crippen LogP contribution >= 0.6 is 11.3 Å². The smallest absolute Gasteiger partial charge is 0.133 e. The lowest BCUT2D eigenvalue weighted by Gasteiger charge is -2.63. The maximum Gasteiger partial charge on any atom is 0.133 e. The number of nitrogens with zero attached hydrogens (tertiary/aromatic N) is 1. The predicted octanol–water partition coefficient (Wildman–Crippen LogP) is 17.0. The Kier molecular flexibility index (Phi) is 7.83. The van der Waals surface area contributed by atoms with Crippen molar-refractivity contribution < 1.29 is 4.74 Å². The summed E-state index contributed by atoms with van der Waals surface area (Å²) >= 11 is 1.88. The minimum Gasteiger partial charge on any atom is -0.457 e. The van der Waals surface area contributed by atoms with E-state index in [0.717, 1.165) is 40.4 Å². The van der Waals surface area contributed by atoms with Gasteiger partial charge in [0, 0.05) is 65.3 Å². The highest BCUT2D eigenvalue weighted by Crippen LogP contribution is 2.69. The molecule has 1 aromatic heterocycles. The summed E-state index contributed by atoms with van der Waals surface area (Å²) in [7, 11) is 0. The molecule has 8 aromatic carbocycles. The molecule has 2 heterocycles. The highest BCUT2D eigenvalue weighted by atomic mass is 32.1. The maximum atomic E-state index is 7.08. The molecule has 1 spiro atoms. The molecule has 1 aliphatic heterocycles. The topological polar surface area (TPSA) is 12.5 Å². The van der Waals surface area contributed by atoms with Crippen LogP contribution in [-0.2, 0) is 10.8 Å².